The Hall–Kier alpha value is -4.25. The predicted octanol–water partition coefficient (Wildman–Crippen LogP) is 2.52. The number of hydrogen-bond acceptors (Lipinski definition) is 6. The second-order valence-corrected chi connectivity index (χ2v) is 13.2. The van der Waals surface area contributed by atoms with Crippen molar-refractivity contribution in [3.05, 3.63) is 71.8 Å². The molecule has 1 saturated heterocycles. The molecule has 1 aliphatic rings. The first-order valence-electron chi connectivity index (χ1n) is 17.1. The number of amides is 5. The van der Waals surface area contributed by atoms with E-state index in [2.05, 4.69) is 10.6 Å². The fourth-order valence-electron chi connectivity index (χ4n) is 5.90. The largest absolute Gasteiger partial charge is 0.346 e. The van der Waals surface area contributed by atoms with Crippen LogP contribution in [0.4, 0.5) is 0 Å². The van der Waals surface area contributed by atoms with Gasteiger partial charge < -0.3 is 31.1 Å². The van der Waals surface area contributed by atoms with Crippen LogP contribution in [0.2, 0.25) is 0 Å². The van der Waals surface area contributed by atoms with Crippen molar-refractivity contribution in [2.45, 2.75) is 89.9 Å². The zero-order valence-electron chi connectivity index (χ0n) is 29.2. The first-order chi connectivity index (χ1) is 22.9. The number of nitrogens with zero attached hydrogens (tertiary/aromatic N) is 3. The van der Waals surface area contributed by atoms with Crippen LogP contribution < -0.4 is 16.4 Å². The molecule has 1 fully saturated rings. The lowest BCUT2D eigenvalue weighted by molar-refractivity contribution is -0.145. The summed E-state index contributed by atoms with van der Waals surface area (Å²) in [7, 11) is 3.19. The average molecular weight is 663 g/mol. The van der Waals surface area contributed by atoms with Gasteiger partial charge in [0.25, 0.3) is 0 Å². The monoisotopic (exact) mass is 662 g/mol. The van der Waals surface area contributed by atoms with Gasteiger partial charge in [0.15, 0.2) is 0 Å². The number of carbonyl (C=O) groups excluding carboxylic acids is 5. The van der Waals surface area contributed by atoms with Gasteiger partial charge in [0.2, 0.25) is 29.5 Å². The Kier molecular flexibility index (Phi) is 15.1. The van der Waals surface area contributed by atoms with Crippen LogP contribution in [0.1, 0.15) is 64.0 Å². The highest BCUT2D eigenvalue weighted by molar-refractivity contribution is 5.96. The van der Waals surface area contributed by atoms with E-state index in [4.69, 9.17) is 5.73 Å². The topological polar surface area (TPSA) is 145 Å². The molecular formula is C37H54N6O5. The minimum absolute atomic E-state index is 0.154. The number of rotatable bonds is 16. The second kappa shape index (κ2) is 18.9. The van der Waals surface area contributed by atoms with Crippen molar-refractivity contribution < 1.29 is 24.0 Å². The van der Waals surface area contributed by atoms with E-state index >= 15 is 0 Å². The molecule has 5 amide bonds. The smallest absolute Gasteiger partial charge is 0.245 e. The number of piperidine rings is 1. The molecule has 262 valence electrons. The van der Waals surface area contributed by atoms with Crippen LogP contribution in [0.15, 0.2) is 60.7 Å². The second-order valence-electron chi connectivity index (χ2n) is 13.2. The molecule has 2 aromatic carbocycles. The van der Waals surface area contributed by atoms with E-state index in [0.29, 0.717) is 26.1 Å². The summed E-state index contributed by atoms with van der Waals surface area (Å²) in [5, 5.41) is 5.73. The van der Waals surface area contributed by atoms with Gasteiger partial charge in [0.05, 0.1) is 12.5 Å². The third-order valence-electron chi connectivity index (χ3n) is 8.91. The van der Waals surface area contributed by atoms with Crippen LogP contribution in [0.3, 0.4) is 0 Å². The lowest BCUT2D eigenvalue weighted by Crippen LogP contribution is -2.59. The van der Waals surface area contributed by atoms with E-state index in [1.54, 1.807) is 11.9 Å². The molecule has 0 bridgehead atoms. The van der Waals surface area contributed by atoms with E-state index in [-0.39, 0.29) is 37.0 Å². The molecule has 0 radical (unpaired) electrons. The van der Waals surface area contributed by atoms with Gasteiger partial charge in [-0.3, -0.25) is 24.0 Å². The first-order valence-corrected chi connectivity index (χ1v) is 17.1. The summed E-state index contributed by atoms with van der Waals surface area (Å²) in [5.41, 5.74) is 7.83. The molecule has 48 heavy (non-hydrogen) atoms. The Morgan fingerprint density at radius 3 is 1.88 bits per heavy atom. The normalized spacial score (nSPS) is 15.5. The summed E-state index contributed by atoms with van der Waals surface area (Å²) < 4.78 is 0. The quantitative estimate of drug-likeness (QED) is 0.252. The highest BCUT2D eigenvalue weighted by Crippen LogP contribution is 2.16. The van der Waals surface area contributed by atoms with Gasteiger partial charge in [-0.05, 0) is 49.7 Å². The first kappa shape index (κ1) is 38.2. The van der Waals surface area contributed by atoms with Crippen LogP contribution in [-0.4, -0.2) is 102 Å². The van der Waals surface area contributed by atoms with Gasteiger partial charge in [-0.1, -0.05) is 74.5 Å². The molecule has 4 N–H and O–H groups in total. The Morgan fingerprint density at radius 2 is 1.33 bits per heavy atom. The number of likely N-dealkylation sites (tertiary alicyclic amines) is 1. The number of nitrogens with two attached hydrogens (primary N) is 1. The maximum Gasteiger partial charge on any atom is 0.245 e. The Labute approximate surface area is 285 Å². The molecule has 0 spiro atoms. The molecular weight excluding hydrogens is 608 g/mol. The van der Waals surface area contributed by atoms with Crippen molar-refractivity contribution in [2.24, 2.45) is 11.7 Å². The average Bonchev–Trinajstić information content (AvgIpc) is 3.09. The fraction of sp³-hybridized carbons (Fsp3) is 0.541. The van der Waals surface area contributed by atoms with E-state index in [0.717, 1.165) is 30.4 Å². The third kappa shape index (κ3) is 11.5. The molecule has 1 unspecified atom stereocenters. The zero-order chi connectivity index (χ0) is 35.2. The molecule has 0 saturated carbocycles. The van der Waals surface area contributed by atoms with Crippen LogP contribution in [0, 0.1) is 5.92 Å². The van der Waals surface area contributed by atoms with Gasteiger partial charge in [0.1, 0.15) is 18.1 Å². The molecule has 11 nitrogen and oxygen atoms in total. The molecule has 1 aliphatic heterocycles. The Balaban J connectivity index is 1.94. The van der Waals surface area contributed by atoms with Gasteiger partial charge in [-0.15, -0.1) is 0 Å². The molecule has 0 aliphatic carbocycles. The highest BCUT2D eigenvalue weighted by Gasteiger charge is 2.36. The van der Waals surface area contributed by atoms with Gasteiger partial charge in [-0.2, -0.15) is 0 Å². The van der Waals surface area contributed by atoms with Crippen molar-refractivity contribution in [3.63, 3.8) is 0 Å². The number of hydrogen-bond donors (Lipinski definition) is 3. The molecule has 11 heteroatoms. The lowest BCUT2D eigenvalue weighted by Gasteiger charge is -2.34. The van der Waals surface area contributed by atoms with Crippen molar-refractivity contribution >= 4 is 29.5 Å². The zero-order valence-corrected chi connectivity index (χ0v) is 29.2. The molecule has 4 atom stereocenters. The maximum absolute atomic E-state index is 14.3. The van der Waals surface area contributed by atoms with Crippen molar-refractivity contribution in [2.75, 3.05) is 33.7 Å². The van der Waals surface area contributed by atoms with Gasteiger partial charge in [0, 0.05) is 46.6 Å². The van der Waals surface area contributed by atoms with Crippen molar-refractivity contribution in [3.8, 4) is 0 Å². The summed E-state index contributed by atoms with van der Waals surface area (Å²) in [5.74, 6) is -1.86. The summed E-state index contributed by atoms with van der Waals surface area (Å²) in [6, 6.07) is 14.7. The third-order valence-corrected chi connectivity index (χ3v) is 8.91. The summed E-state index contributed by atoms with van der Waals surface area (Å²) >= 11 is 0. The van der Waals surface area contributed by atoms with Gasteiger partial charge >= 0.3 is 0 Å². The van der Waals surface area contributed by atoms with E-state index in [9.17, 15) is 24.0 Å². The van der Waals surface area contributed by atoms with Crippen LogP contribution in [0.5, 0.6) is 0 Å². The minimum atomic E-state index is -1.09. The molecule has 3 rings (SSSR count). The molecule has 0 aromatic heterocycles. The summed E-state index contributed by atoms with van der Waals surface area (Å²) in [6.45, 7) is 7.37. The van der Waals surface area contributed by atoms with Crippen molar-refractivity contribution in [1.82, 2.24) is 25.3 Å². The number of carbonyl (C=O) groups is 5. The molecule has 2 aromatic rings. The van der Waals surface area contributed by atoms with E-state index in [1.807, 2.05) is 81.4 Å². The number of benzene rings is 2. The Morgan fingerprint density at radius 1 is 0.792 bits per heavy atom. The van der Waals surface area contributed by atoms with E-state index < -0.39 is 41.9 Å². The van der Waals surface area contributed by atoms with Crippen molar-refractivity contribution in [1.29, 1.82) is 0 Å². The van der Waals surface area contributed by atoms with E-state index in [1.165, 1.54) is 16.8 Å². The maximum atomic E-state index is 14.3. The summed E-state index contributed by atoms with van der Waals surface area (Å²) in [4.78, 5) is 73.1. The number of nitrogens with one attached hydrogen (secondary N) is 2. The van der Waals surface area contributed by atoms with Crippen LogP contribution >= 0.6 is 0 Å². The Bertz CT molecular complexity index is 1350. The highest BCUT2D eigenvalue weighted by atomic mass is 16.2. The lowest BCUT2D eigenvalue weighted by atomic mass is 9.99. The fourth-order valence-corrected chi connectivity index (χ4v) is 5.90. The van der Waals surface area contributed by atoms with Gasteiger partial charge in [-0.25, -0.2) is 0 Å². The minimum Gasteiger partial charge on any atom is -0.346 e. The standard InChI is InChI=1S/C37H54N6O5/c1-6-41(4)33(44)25-31(37(48)43-20-14-9-15-21-43)40-35(46)32(24-28-18-12-8-13-19-28)42(5)36(47)30(23-27-16-10-7-11-17-27)39-34(45)29(38)22-26(2)3/h7-8,10-13,16-19,26,29-32H,6,9,14-15,20-25,38H2,1-5H3,(H,39,45)(H,40,46)/t29-,30-,31?,32-/m0/s1. The van der Waals surface area contributed by atoms with Crippen LogP contribution in [-0.2, 0) is 36.8 Å². The van der Waals surface area contributed by atoms with Crippen LogP contribution in [0.25, 0.3) is 0 Å². The molecule has 1 heterocycles. The predicted molar refractivity (Wildman–Crippen MR) is 187 cm³/mol. The SMILES string of the molecule is CCN(C)C(=O)CC(NC(=O)[C@H](Cc1ccccc1)N(C)C(=O)[C@H](Cc1ccccc1)NC(=O)[C@@H](N)CC(C)C)C(=O)N1CCCCC1. The number of likely N-dealkylation sites (N-methyl/N-ethyl adjacent to an activating group) is 1. The summed E-state index contributed by atoms with van der Waals surface area (Å²) in [6.07, 6.45) is 3.34.